The van der Waals surface area contributed by atoms with Gasteiger partial charge in [0.15, 0.2) is 11.5 Å². The third-order valence-electron chi connectivity index (χ3n) is 2.90. The number of alkyl carbamates (subject to hydrolysis) is 1. The van der Waals surface area contributed by atoms with Crippen LogP contribution in [0.5, 0.6) is 11.5 Å². The average molecular weight is 325 g/mol. The van der Waals surface area contributed by atoms with Crippen LogP contribution in [-0.4, -0.2) is 43.0 Å². The van der Waals surface area contributed by atoms with Crippen LogP contribution in [0.1, 0.15) is 26.3 Å². The molecule has 0 aliphatic rings. The highest BCUT2D eigenvalue weighted by Gasteiger charge is 2.25. The van der Waals surface area contributed by atoms with Crippen molar-refractivity contribution in [2.75, 3.05) is 14.2 Å². The van der Waals surface area contributed by atoms with Crippen LogP contribution in [0.2, 0.25) is 0 Å². The van der Waals surface area contributed by atoms with Crippen molar-refractivity contribution in [2.24, 2.45) is 0 Å². The third kappa shape index (κ3) is 5.69. The molecule has 0 saturated heterocycles. The van der Waals surface area contributed by atoms with Gasteiger partial charge in [0, 0.05) is 12.0 Å². The molecule has 0 aliphatic carbocycles. The molecule has 2 N–H and O–H groups in total. The van der Waals surface area contributed by atoms with Crippen LogP contribution in [0.3, 0.4) is 0 Å². The van der Waals surface area contributed by atoms with Gasteiger partial charge in [-0.2, -0.15) is 0 Å². The molecule has 0 saturated carbocycles. The van der Waals surface area contributed by atoms with E-state index >= 15 is 0 Å². The maximum Gasteiger partial charge on any atom is 0.408 e. The third-order valence-corrected chi connectivity index (χ3v) is 2.90. The molecule has 1 atom stereocenters. The molecule has 1 aromatic rings. The number of carboxylic acid groups (broad SMARTS) is 1. The predicted octanol–water partition coefficient (Wildman–Crippen LogP) is 2.22. The Bertz CT molecular complexity index is 564. The molecule has 1 rings (SSSR count). The first-order chi connectivity index (χ1) is 10.7. The summed E-state index contributed by atoms with van der Waals surface area (Å²) in [5, 5.41) is 11.7. The van der Waals surface area contributed by atoms with E-state index in [4.69, 9.17) is 14.2 Å². The van der Waals surface area contributed by atoms with Crippen molar-refractivity contribution in [1.82, 2.24) is 5.32 Å². The number of amides is 1. The smallest absolute Gasteiger partial charge is 0.408 e. The highest BCUT2D eigenvalue weighted by Crippen LogP contribution is 2.31. The molecule has 0 radical (unpaired) electrons. The van der Waals surface area contributed by atoms with E-state index in [1.54, 1.807) is 39.0 Å². The molecule has 7 nitrogen and oxygen atoms in total. The molecule has 0 heterocycles. The van der Waals surface area contributed by atoms with Crippen LogP contribution in [0.15, 0.2) is 18.2 Å². The number of nitrogens with one attached hydrogen (secondary N) is 1. The molecular weight excluding hydrogens is 302 g/mol. The number of carboxylic acids is 1. The first-order valence-electron chi connectivity index (χ1n) is 7.10. The predicted molar refractivity (Wildman–Crippen MR) is 84.0 cm³/mol. The molecule has 23 heavy (non-hydrogen) atoms. The van der Waals surface area contributed by atoms with Crippen molar-refractivity contribution in [2.45, 2.75) is 38.8 Å². The number of methoxy groups -OCH3 is 2. The zero-order valence-electron chi connectivity index (χ0n) is 14.0. The maximum absolute atomic E-state index is 11.8. The lowest BCUT2D eigenvalue weighted by Gasteiger charge is -2.22. The number of benzene rings is 1. The van der Waals surface area contributed by atoms with Gasteiger partial charge in [-0.05, 0) is 26.8 Å². The zero-order chi connectivity index (χ0) is 17.6. The van der Waals surface area contributed by atoms with Crippen molar-refractivity contribution in [3.05, 3.63) is 23.8 Å². The SMILES string of the molecule is COc1cccc(C[C@H](NC(=O)OC(C)(C)C)C(=O)O)c1OC. The number of ether oxygens (including phenoxy) is 3. The van der Waals surface area contributed by atoms with E-state index in [1.807, 2.05) is 0 Å². The van der Waals surface area contributed by atoms with Crippen molar-refractivity contribution in [3.8, 4) is 11.5 Å². The van der Waals surface area contributed by atoms with Gasteiger partial charge in [-0.25, -0.2) is 9.59 Å². The molecule has 1 amide bonds. The quantitative estimate of drug-likeness (QED) is 0.833. The van der Waals surface area contributed by atoms with Gasteiger partial charge in [0.1, 0.15) is 11.6 Å². The Hall–Kier alpha value is -2.44. The molecule has 0 unspecified atom stereocenters. The molecule has 7 heteroatoms. The standard InChI is InChI=1S/C16H23NO6/c1-16(2,3)23-15(20)17-11(14(18)19)9-10-7-6-8-12(21-4)13(10)22-5/h6-8,11H,9H2,1-5H3,(H,17,20)(H,18,19)/t11-/m0/s1. The molecule has 0 aliphatic heterocycles. The van der Waals surface area contributed by atoms with Crippen LogP contribution >= 0.6 is 0 Å². The van der Waals surface area contributed by atoms with Gasteiger partial charge in [-0.15, -0.1) is 0 Å². The highest BCUT2D eigenvalue weighted by molar-refractivity contribution is 5.80. The van der Waals surface area contributed by atoms with Crippen LogP contribution in [0, 0.1) is 0 Å². The first-order valence-corrected chi connectivity index (χ1v) is 7.10. The summed E-state index contributed by atoms with van der Waals surface area (Å²) in [4.78, 5) is 23.2. The minimum atomic E-state index is -1.17. The Balaban J connectivity index is 2.93. The number of aliphatic carboxylic acids is 1. The average Bonchev–Trinajstić information content (AvgIpc) is 2.44. The molecule has 1 aromatic carbocycles. The number of rotatable bonds is 6. The summed E-state index contributed by atoms with van der Waals surface area (Å²) >= 11 is 0. The van der Waals surface area contributed by atoms with Crippen molar-refractivity contribution >= 4 is 12.1 Å². The normalized spacial score (nSPS) is 12.2. The fourth-order valence-corrected chi connectivity index (χ4v) is 1.98. The van der Waals surface area contributed by atoms with E-state index in [-0.39, 0.29) is 6.42 Å². The van der Waals surface area contributed by atoms with Gasteiger partial charge in [0.2, 0.25) is 0 Å². The Morgan fingerprint density at radius 1 is 1.22 bits per heavy atom. The first kappa shape index (κ1) is 18.6. The fourth-order valence-electron chi connectivity index (χ4n) is 1.98. The molecular formula is C16H23NO6. The number of para-hydroxylation sites is 1. The van der Waals surface area contributed by atoms with Crippen LogP contribution in [0.25, 0.3) is 0 Å². The van der Waals surface area contributed by atoms with E-state index in [9.17, 15) is 14.7 Å². The molecule has 0 fully saturated rings. The summed E-state index contributed by atoms with van der Waals surface area (Å²) in [5.74, 6) is -0.237. The van der Waals surface area contributed by atoms with E-state index < -0.39 is 23.7 Å². The van der Waals surface area contributed by atoms with Crippen LogP contribution < -0.4 is 14.8 Å². The second-order valence-electron chi connectivity index (χ2n) is 5.89. The Kier molecular flexibility index (Phi) is 6.24. The highest BCUT2D eigenvalue weighted by atomic mass is 16.6. The Morgan fingerprint density at radius 3 is 2.35 bits per heavy atom. The number of carbonyl (C=O) groups excluding carboxylic acids is 1. The van der Waals surface area contributed by atoms with Gasteiger partial charge in [-0.1, -0.05) is 12.1 Å². The lowest BCUT2D eigenvalue weighted by atomic mass is 10.0. The Morgan fingerprint density at radius 2 is 1.87 bits per heavy atom. The second-order valence-corrected chi connectivity index (χ2v) is 5.89. The van der Waals surface area contributed by atoms with Gasteiger partial charge >= 0.3 is 12.1 Å². The molecule has 0 bridgehead atoms. The summed E-state index contributed by atoms with van der Waals surface area (Å²) in [6, 6.07) is 4.00. The van der Waals surface area contributed by atoms with E-state index in [0.717, 1.165) is 0 Å². The summed E-state index contributed by atoms with van der Waals surface area (Å²) < 4.78 is 15.5. The van der Waals surface area contributed by atoms with Crippen molar-refractivity contribution in [1.29, 1.82) is 0 Å². The largest absolute Gasteiger partial charge is 0.493 e. The molecule has 0 aromatic heterocycles. The van der Waals surface area contributed by atoms with Crippen molar-refractivity contribution in [3.63, 3.8) is 0 Å². The van der Waals surface area contributed by atoms with Crippen LogP contribution in [0.4, 0.5) is 4.79 Å². The van der Waals surface area contributed by atoms with Crippen molar-refractivity contribution < 1.29 is 28.9 Å². The molecule has 0 spiro atoms. The number of carbonyl (C=O) groups is 2. The van der Waals surface area contributed by atoms with E-state index in [0.29, 0.717) is 17.1 Å². The fraction of sp³-hybridized carbons (Fsp3) is 0.500. The van der Waals surface area contributed by atoms with E-state index in [2.05, 4.69) is 5.32 Å². The summed E-state index contributed by atoms with van der Waals surface area (Å²) in [6.07, 6.45) is -0.749. The summed E-state index contributed by atoms with van der Waals surface area (Å²) in [5.41, 5.74) is -0.101. The lowest BCUT2D eigenvalue weighted by molar-refractivity contribution is -0.139. The zero-order valence-corrected chi connectivity index (χ0v) is 14.0. The van der Waals surface area contributed by atoms with E-state index in [1.165, 1.54) is 14.2 Å². The number of hydrogen-bond acceptors (Lipinski definition) is 5. The van der Waals surface area contributed by atoms with Gasteiger partial charge in [-0.3, -0.25) is 0 Å². The maximum atomic E-state index is 11.8. The summed E-state index contributed by atoms with van der Waals surface area (Å²) in [6.45, 7) is 5.11. The van der Waals surface area contributed by atoms with Gasteiger partial charge in [0.25, 0.3) is 0 Å². The topological polar surface area (TPSA) is 94.1 Å². The summed E-state index contributed by atoms with van der Waals surface area (Å²) in [7, 11) is 2.97. The Labute approximate surface area is 135 Å². The lowest BCUT2D eigenvalue weighted by Crippen LogP contribution is -2.44. The minimum absolute atomic E-state index is 0.0367. The second kappa shape index (κ2) is 7.71. The van der Waals surface area contributed by atoms with Crippen LogP contribution in [-0.2, 0) is 16.0 Å². The molecule has 128 valence electrons. The monoisotopic (exact) mass is 325 g/mol. The van der Waals surface area contributed by atoms with Gasteiger partial charge in [0.05, 0.1) is 14.2 Å². The minimum Gasteiger partial charge on any atom is -0.493 e. The number of hydrogen-bond donors (Lipinski definition) is 2. The van der Waals surface area contributed by atoms with Gasteiger partial charge < -0.3 is 24.6 Å².